The van der Waals surface area contributed by atoms with Crippen molar-refractivity contribution in [3.05, 3.63) is 34.9 Å². The molecule has 1 atom stereocenters. The summed E-state index contributed by atoms with van der Waals surface area (Å²) in [5.74, 6) is 0.409. The molecule has 40 heavy (non-hydrogen) atoms. The normalized spacial score (nSPS) is 22.0. The van der Waals surface area contributed by atoms with Gasteiger partial charge in [-0.05, 0) is 89.3 Å². The van der Waals surface area contributed by atoms with Crippen LogP contribution in [-0.4, -0.2) is 71.3 Å². The molecule has 222 valence electrons. The average molecular weight is 576 g/mol. The maximum absolute atomic E-state index is 13.9. The van der Waals surface area contributed by atoms with Crippen LogP contribution in [-0.2, 0) is 20.7 Å². The molecule has 2 heterocycles. The highest BCUT2D eigenvalue weighted by Crippen LogP contribution is 2.48. The number of rotatable bonds is 7. The van der Waals surface area contributed by atoms with E-state index in [1.165, 1.54) is 19.3 Å². The van der Waals surface area contributed by atoms with Crippen LogP contribution in [0.25, 0.3) is 0 Å². The molecule has 1 aliphatic carbocycles. The van der Waals surface area contributed by atoms with Gasteiger partial charge in [-0.2, -0.15) is 0 Å². The first kappa shape index (κ1) is 30.5. The Kier molecular flexibility index (Phi) is 9.28. The molecular formula is C31H46ClN3O5. The highest BCUT2D eigenvalue weighted by molar-refractivity contribution is 6.30. The standard InChI is InChI=1S/C31H46ClN3O5/c1-29(2,3)40-27(37)33-25(19-22-11-13-24(32)14-12-22)26(36)34-17-15-31(16-18-34,23-9-7-6-8-10-23)20-35-28(38)39-21-30(35,4)5/h11-14,23,25H,6-10,15-21H2,1-5H3,(H,33,37)/t25-/m0/s1. The van der Waals surface area contributed by atoms with Crippen molar-refractivity contribution in [1.29, 1.82) is 0 Å². The van der Waals surface area contributed by atoms with E-state index in [1.807, 2.05) is 21.9 Å². The molecule has 0 aromatic heterocycles. The Balaban J connectivity index is 1.50. The molecule has 8 nitrogen and oxygen atoms in total. The summed E-state index contributed by atoms with van der Waals surface area (Å²) in [5.41, 5.74) is -0.163. The Labute approximate surface area is 244 Å². The first-order valence-corrected chi connectivity index (χ1v) is 15.1. The van der Waals surface area contributed by atoms with Gasteiger partial charge in [-0.15, -0.1) is 0 Å². The Hall–Kier alpha value is -2.48. The summed E-state index contributed by atoms with van der Waals surface area (Å²) in [7, 11) is 0. The van der Waals surface area contributed by atoms with Gasteiger partial charge in [0.2, 0.25) is 5.91 Å². The smallest absolute Gasteiger partial charge is 0.410 e. The van der Waals surface area contributed by atoms with Crippen LogP contribution >= 0.6 is 11.6 Å². The van der Waals surface area contributed by atoms with Gasteiger partial charge in [0, 0.05) is 31.1 Å². The molecule has 0 radical (unpaired) electrons. The summed E-state index contributed by atoms with van der Waals surface area (Å²) >= 11 is 6.07. The summed E-state index contributed by atoms with van der Waals surface area (Å²) in [4.78, 5) is 43.2. The molecule has 3 fully saturated rings. The lowest BCUT2D eigenvalue weighted by molar-refractivity contribution is -0.137. The molecule has 9 heteroatoms. The van der Waals surface area contributed by atoms with Crippen LogP contribution in [0.1, 0.15) is 85.1 Å². The number of carbonyl (C=O) groups excluding carboxylic acids is 3. The average Bonchev–Trinajstić information content (AvgIpc) is 3.15. The lowest BCUT2D eigenvalue weighted by Crippen LogP contribution is -2.57. The van der Waals surface area contributed by atoms with Gasteiger partial charge >= 0.3 is 12.2 Å². The highest BCUT2D eigenvalue weighted by atomic mass is 35.5. The Morgan fingerprint density at radius 2 is 1.73 bits per heavy atom. The van der Waals surface area contributed by atoms with Gasteiger partial charge in [0.25, 0.3) is 0 Å². The third-order valence-corrected chi connectivity index (χ3v) is 9.11. The number of piperidine rings is 1. The molecule has 1 saturated carbocycles. The van der Waals surface area contributed by atoms with Gasteiger partial charge in [0.15, 0.2) is 0 Å². The van der Waals surface area contributed by atoms with E-state index in [1.54, 1.807) is 32.9 Å². The van der Waals surface area contributed by atoms with Crippen LogP contribution < -0.4 is 5.32 Å². The van der Waals surface area contributed by atoms with Crippen LogP contribution in [0.4, 0.5) is 9.59 Å². The van der Waals surface area contributed by atoms with Crippen LogP contribution in [0.5, 0.6) is 0 Å². The second-order valence-electron chi connectivity index (χ2n) is 13.5. The number of alkyl carbamates (subject to hydrolysis) is 1. The van der Waals surface area contributed by atoms with E-state index in [-0.39, 0.29) is 23.0 Å². The second-order valence-corrected chi connectivity index (χ2v) is 13.9. The van der Waals surface area contributed by atoms with Gasteiger partial charge in [-0.25, -0.2) is 9.59 Å². The minimum absolute atomic E-state index is 0.0535. The van der Waals surface area contributed by atoms with E-state index in [0.717, 1.165) is 31.2 Å². The van der Waals surface area contributed by atoms with Crippen molar-refractivity contribution >= 4 is 29.7 Å². The van der Waals surface area contributed by atoms with Gasteiger partial charge < -0.3 is 19.7 Å². The highest BCUT2D eigenvalue weighted by Gasteiger charge is 2.49. The van der Waals surface area contributed by atoms with E-state index in [4.69, 9.17) is 21.1 Å². The maximum Gasteiger partial charge on any atom is 0.410 e. The summed E-state index contributed by atoms with van der Waals surface area (Å²) in [6.07, 6.45) is 7.16. The van der Waals surface area contributed by atoms with Gasteiger partial charge in [0.1, 0.15) is 18.2 Å². The molecular weight excluding hydrogens is 530 g/mol. The minimum Gasteiger partial charge on any atom is -0.447 e. The minimum atomic E-state index is -0.759. The van der Waals surface area contributed by atoms with Crippen LogP contribution in [0, 0.1) is 11.3 Å². The van der Waals surface area contributed by atoms with Gasteiger partial charge in [-0.1, -0.05) is 43.0 Å². The summed E-state index contributed by atoms with van der Waals surface area (Å²) in [5, 5.41) is 3.46. The molecule has 0 bridgehead atoms. The zero-order valence-electron chi connectivity index (χ0n) is 24.8. The fraction of sp³-hybridized carbons (Fsp3) is 0.710. The first-order valence-electron chi connectivity index (χ1n) is 14.8. The Morgan fingerprint density at radius 3 is 2.27 bits per heavy atom. The monoisotopic (exact) mass is 575 g/mol. The number of hydrogen-bond donors (Lipinski definition) is 1. The van der Waals surface area contributed by atoms with E-state index in [9.17, 15) is 14.4 Å². The summed E-state index contributed by atoms with van der Waals surface area (Å²) in [6.45, 7) is 11.8. The quantitative estimate of drug-likeness (QED) is 0.418. The van der Waals surface area contributed by atoms with Crippen LogP contribution in [0.2, 0.25) is 5.02 Å². The third-order valence-electron chi connectivity index (χ3n) is 8.86. The van der Waals surface area contributed by atoms with Crippen LogP contribution in [0.3, 0.4) is 0 Å². The van der Waals surface area contributed by atoms with Crippen molar-refractivity contribution in [2.45, 2.75) is 103 Å². The molecule has 2 saturated heterocycles. The number of amides is 3. The lowest BCUT2D eigenvalue weighted by atomic mass is 9.63. The number of cyclic esters (lactones) is 1. The first-order chi connectivity index (χ1) is 18.8. The second kappa shape index (κ2) is 12.2. The number of benzene rings is 1. The predicted octanol–water partition coefficient (Wildman–Crippen LogP) is 6.20. The molecule has 1 N–H and O–H groups in total. The fourth-order valence-electron chi connectivity index (χ4n) is 6.54. The molecule has 1 aromatic carbocycles. The predicted molar refractivity (Wildman–Crippen MR) is 155 cm³/mol. The Bertz CT molecular complexity index is 1050. The Morgan fingerprint density at radius 1 is 1.10 bits per heavy atom. The van der Waals surface area contributed by atoms with E-state index in [0.29, 0.717) is 43.6 Å². The van der Waals surface area contributed by atoms with Crippen molar-refractivity contribution in [2.75, 3.05) is 26.2 Å². The molecule has 2 aliphatic heterocycles. The van der Waals surface area contributed by atoms with Crippen molar-refractivity contribution < 1.29 is 23.9 Å². The van der Waals surface area contributed by atoms with Crippen molar-refractivity contribution in [2.24, 2.45) is 11.3 Å². The number of likely N-dealkylation sites (tertiary alicyclic amines) is 1. The van der Waals surface area contributed by atoms with Gasteiger partial charge in [0.05, 0.1) is 5.54 Å². The molecule has 4 rings (SSSR count). The van der Waals surface area contributed by atoms with Crippen LogP contribution in [0.15, 0.2) is 24.3 Å². The number of halogens is 1. The SMILES string of the molecule is CC(C)(C)OC(=O)N[C@@H](Cc1ccc(Cl)cc1)C(=O)N1CCC(CN2C(=O)OCC2(C)C)(C2CCCCC2)CC1. The lowest BCUT2D eigenvalue weighted by Gasteiger charge is -2.50. The van der Waals surface area contributed by atoms with Crippen molar-refractivity contribution in [3.63, 3.8) is 0 Å². The fourth-order valence-corrected chi connectivity index (χ4v) is 6.67. The molecule has 3 aliphatic rings. The van der Waals surface area contributed by atoms with E-state index < -0.39 is 17.7 Å². The third kappa shape index (κ3) is 7.42. The number of nitrogens with zero attached hydrogens (tertiary/aromatic N) is 2. The van der Waals surface area contributed by atoms with E-state index >= 15 is 0 Å². The molecule has 0 unspecified atom stereocenters. The maximum atomic E-state index is 13.9. The molecule has 3 amide bonds. The van der Waals surface area contributed by atoms with E-state index in [2.05, 4.69) is 19.2 Å². The van der Waals surface area contributed by atoms with Gasteiger partial charge in [-0.3, -0.25) is 9.69 Å². The molecule has 1 aromatic rings. The zero-order valence-corrected chi connectivity index (χ0v) is 25.5. The number of carbonyl (C=O) groups is 3. The summed E-state index contributed by atoms with van der Waals surface area (Å²) in [6, 6.07) is 6.57. The number of hydrogen-bond acceptors (Lipinski definition) is 5. The summed E-state index contributed by atoms with van der Waals surface area (Å²) < 4.78 is 10.9. The van der Waals surface area contributed by atoms with Crippen molar-refractivity contribution in [1.82, 2.24) is 15.1 Å². The zero-order chi connectivity index (χ0) is 29.1. The topological polar surface area (TPSA) is 88.2 Å². The number of ether oxygens (including phenoxy) is 2. The number of nitrogens with one attached hydrogen (secondary N) is 1. The molecule has 0 spiro atoms. The largest absolute Gasteiger partial charge is 0.447 e. The van der Waals surface area contributed by atoms with Crippen molar-refractivity contribution in [3.8, 4) is 0 Å².